The molecule has 1 aromatic rings. The van der Waals surface area contributed by atoms with Gasteiger partial charge >= 0.3 is 5.84 Å². The second kappa shape index (κ2) is 6.91. The number of halogens is 2. The first-order valence-electron chi connectivity index (χ1n) is 4.95. The molecule has 0 fully saturated rings. The fourth-order valence-electron chi connectivity index (χ4n) is 1.21. The first-order chi connectivity index (χ1) is 8.62. The zero-order chi connectivity index (χ0) is 13.5. The third-order valence-electron chi connectivity index (χ3n) is 1.92. The van der Waals surface area contributed by atoms with Crippen LogP contribution < -0.4 is 10.6 Å². The summed E-state index contributed by atoms with van der Waals surface area (Å²) in [6.45, 7) is 2.66. The molecule has 1 aliphatic heterocycles. The summed E-state index contributed by atoms with van der Waals surface area (Å²) in [6, 6.07) is 3.28. The number of carbonyl (C=O) groups is 1. The molecule has 0 spiro atoms. The summed E-state index contributed by atoms with van der Waals surface area (Å²) in [5.74, 6) is 0.235. The molecular weight excluding hydrogens is 277 g/mol. The van der Waals surface area contributed by atoms with Crippen molar-refractivity contribution in [2.24, 2.45) is 4.99 Å². The van der Waals surface area contributed by atoms with Crippen LogP contribution in [0.15, 0.2) is 17.1 Å². The molecule has 18 heavy (non-hydrogen) atoms. The topological polar surface area (TPSA) is 75.1 Å². The van der Waals surface area contributed by atoms with Crippen LogP contribution in [-0.4, -0.2) is 23.7 Å². The normalized spacial score (nSPS) is 11.2. The van der Waals surface area contributed by atoms with Crippen molar-refractivity contribution in [1.29, 1.82) is 0 Å². The zero-order valence-electron chi connectivity index (χ0n) is 9.43. The highest BCUT2D eigenvalue weighted by Crippen LogP contribution is 2.09. The fraction of sp³-hybridized carbons (Fsp3) is 0.182. The minimum atomic E-state index is 0.235. The fourth-order valence-corrected chi connectivity index (χ4v) is 1.75. The third kappa shape index (κ3) is 3.67. The number of hydrogen-bond acceptors (Lipinski definition) is 2. The highest BCUT2D eigenvalue weighted by molar-refractivity contribution is 6.35. The van der Waals surface area contributed by atoms with Gasteiger partial charge in [-0.05, 0) is 18.0 Å². The molecule has 2 rings (SSSR count). The maximum Gasteiger partial charge on any atom is 0.401 e. The predicted molar refractivity (Wildman–Crippen MR) is 68.0 cm³/mol. The number of carbonyl (C=O) groups excluding carboxylic acids is 1. The summed E-state index contributed by atoms with van der Waals surface area (Å²) in [4.78, 5) is 16.1. The Bertz CT molecular complexity index is 622. The van der Waals surface area contributed by atoms with E-state index in [1.807, 2.05) is 0 Å². The predicted octanol–water partition coefficient (Wildman–Crippen LogP) is 1.21. The lowest BCUT2D eigenvalue weighted by molar-refractivity contribution is -0.128. The molecule has 0 unspecified atom stereocenters. The maximum absolute atomic E-state index is 9.18. The zero-order valence-corrected chi connectivity index (χ0v) is 10.9. The van der Waals surface area contributed by atoms with Crippen molar-refractivity contribution in [3.8, 4) is 0 Å². The molecule has 0 saturated carbocycles. The van der Waals surface area contributed by atoms with Crippen molar-refractivity contribution >= 4 is 41.6 Å². The van der Waals surface area contributed by atoms with Gasteiger partial charge in [0.2, 0.25) is 0 Å². The Hall–Kier alpha value is -1.68. The number of amidine groups is 1. The van der Waals surface area contributed by atoms with Gasteiger partial charge in [-0.2, -0.15) is 0 Å². The minimum absolute atomic E-state index is 0.235. The van der Waals surface area contributed by atoms with E-state index in [1.165, 1.54) is 0 Å². The largest absolute Gasteiger partial charge is 0.497 e. The van der Waals surface area contributed by atoms with Crippen LogP contribution in [0.5, 0.6) is 0 Å². The van der Waals surface area contributed by atoms with Crippen molar-refractivity contribution in [2.45, 2.75) is 6.92 Å². The Morgan fingerprint density at radius 2 is 2.22 bits per heavy atom. The molecule has 1 aromatic carbocycles. The highest BCUT2D eigenvalue weighted by Gasteiger charge is 2.14. The van der Waals surface area contributed by atoms with Gasteiger partial charge in [-0.3, -0.25) is 4.79 Å². The number of fused-ring (bicyclic) bond motifs is 1. The van der Waals surface area contributed by atoms with Crippen LogP contribution in [0.25, 0.3) is 11.6 Å². The molecule has 0 bridgehead atoms. The van der Waals surface area contributed by atoms with Crippen molar-refractivity contribution in [2.75, 3.05) is 6.61 Å². The van der Waals surface area contributed by atoms with E-state index in [2.05, 4.69) is 14.5 Å². The Labute approximate surface area is 113 Å². The van der Waals surface area contributed by atoms with E-state index in [0.29, 0.717) is 28.5 Å². The van der Waals surface area contributed by atoms with Crippen LogP contribution >= 0.6 is 23.2 Å². The van der Waals surface area contributed by atoms with Gasteiger partial charge in [0.15, 0.2) is 5.36 Å². The molecular formula is C11H9Cl2N3O2. The second-order valence-corrected chi connectivity index (χ2v) is 3.93. The smallest absolute Gasteiger partial charge is 0.401 e. The van der Waals surface area contributed by atoms with Gasteiger partial charge in [0.25, 0.3) is 6.47 Å². The van der Waals surface area contributed by atoms with Crippen molar-refractivity contribution in [3.05, 3.63) is 38.3 Å². The molecule has 0 amide bonds. The number of ether oxygens (including phenoxy) is 1. The van der Waals surface area contributed by atoms with E-state index in [9.17, 15) is 4.79 Å². The molecule has 0 N–H and O–H groups in total. The Kier molecular flexibility index (Phi) is 5.52. The van der Waals surface area contributed by atoms with Crippen molar-refractivity contribution in [3.63, 3.8) is 0 Å². The molecule has 0 radical (unpaired) electrons. The van der Waals surface area contributed by atoms with Gasteiger partial charge in [-0.15, -0.1) is 0 Å². The molecule has 0 aliphatic carbocycles. The van der Waals surface area contributed by atoms with Crippen LogP contribution in [0.3, 0.4) is 0 Å². The Morgan fingerprint density at radius 3 is 2.72 bits per heavy atom. The first kappa shape index (κ1) is 14.4. The molecule has 1 aliphatic rings. The average molecular weight is 286 g/mol. The number of hydrogen-bond donors (Lipinski definition) is 0. The van der Waals surface area contributed by atoms with E-state index < -0.39 is 0 Å². The van der Waals surface area contributed by atoms with Gasteiger partial charge in [-0.25, -0.2) is 0 Å². The number of rotatable bonds is 2. The number of nitrogens with zero attached hydrogens (tertiary/aromatic N) is 3. The molecule has 7 heteroatoms. The maximum atomic E-state index is 9.18. The summed E-state index contributed by atoms with van der Waals surface area (Å²) >= 11 is 11.6. The highest BCUT2D eigenvalue weighted by atomic mass is 35.5. The van der Waals surface area contributed by atoms with Crippen LogP contribution in [0.1, 0.15) is 6.92 Å². The summed E-state index contributed by atoms with van der Waals surface area (Å²) in [5.41, 5.74) is 8.49. The van der Waals surface area contributed by atoms with Crippen LogP contribution in [0.2, 0.25) is 10.0 Å². The standard InChI is InChI=1S/C8H3Cl2N3.C3H6O2/c9-4-1-6(10)5-3-8(13-11)12-7(5)2-4;1-2-5-3-4/h1-3H;3H,2H2,1H3. The Balaban J connectivity index is 0.000000280. The minimum Gasteiger partial charge on any atom is -0.497 e. The van der Waals surface area contributed by atoms with E-state index in [0.717, 1.165) is 5.22 Å². The summed E-state index contributed by atoms with van der Waals surface area (Å²) < 4.78 is 4.15. The van der Waals surface area contributed by atoms with Crippen LogP contribution in [0.4, 0.5) is 0 Å². The Morgan fingerprint density at radius 1 is 1.50 bits per heavy atom. The lowest BCUT2D eigenvalue weighted by Gasteiger charge is -1.88. The van der Waals surface area contributed by atoms with Gasteiger partial charge < -0.3 is 15.1 Å². The quantitative estimate of drug-likeness (QED) is 0.465. The molecule has 0 atom stereocenters. The lowest BCUT2D eigenvalue weighted by atomic mass is 10.3. The van der Waals surface area contributed by atoms with E-state index >= 15 is 0 Å². The van der Waals surface area contributed by atoms with Crippen LogP contribution in [-0.2, 0) is 9.53 Å². The monoisotopic (exact) mass is 285 g/mol. The summed E-state index contributed by atoms with van der Waals surface area (Å²) in [6.07, 6.45) is 1.59. The SMILES string of the molecule is CCOC=O.[N-]=[N+]=C1C=c2c(Cl)cc(Cl)cc2=N1. The summed E-state index contributed by atoms with van der Waals surface area (Å²) in [5, 5.41) is 2.38. The molecule has 94 valence electrons. The molecule has 0 aromatic heterocycles. The third-order valence-corrected chi connectivity index (χ3v) is 2.45. The van der Waals surface area contributed by atoms with Gasteiger partial charge in [-0.1, -0.05) is 23.2 Å². The van der Waals surface area contributed by atoms with Gasteiger partial charge in [0, 0.05) is 11.1 Å². The molecule has 5 nitrogen and oxygen atoms in total. The number of benzene rings is 1. The van der Waals surface area contributed by atoms with E-state index in [-0.39, 0.29) is 5.84 Å². The first-order valence-corrected chi connectivity index (χ1v) is 5.70. The van der Waals surface area contributed by atoms with Gasteiger partial charge in [0.1, 0.15) is 0 Å². The summed E-state index contributed by atoms with van der Waals surface area (Å²) in [7, 11) is 0. The van der Waals surface area contributed by atoms with Crippen molar-refractivity contribution in [1.82, 2.24) is 0 Å². The van der Waals surface area contributed by atoms with E-state index in [1.54, 1.807) is 25.1 Å². The second-order valence-electron chi connectivity index (χ2n) is 3.09. The van der Waals surface area contributed by atoms with Gasteiger partial charge in [0.05, 0.1) is 22.9 Å². The van der Waals surface area contributed by atoms with Crippen LogP contribution in [0, 0.1) is 0 Å². The molecule has 0 saturated heterocycles. The lowest BCUT2D eigenvalue weighted by Crippen LogP contribution is -2.22. The van der Waals surface area contributed by atoms with Crippen molar-refractivity contribution < 1.29 is 14.3 Å². The average Bonchev–Trinajstić information content (AvgIpc) is 2.74. The molecule has 1 heterocycles. The van der Waals surface area contributed by atoms with E-state index in [4.69, 9.17) is 28.7 Å².